The molecule has 0 spiro atoms. The lowest BCUT2D eigenvalue weighted by molar-refractivity contribution is 0.463. The fourth-order valence-corrected chi connectivity index (χ4v) is 6.67. The Morgan fingerprint density at radius 1 is 0.900 bits per heavy atom. The highest BCUT2D eigenvalue weighted by Crippen LogP contribution is 2.40. The van der Waals surface area contributed by atoms with Crippen molar-refractivity contribution in [1.82, 2.24) is 0 Å². The second-order valence-electron chi connectivity index (χ2n) is 3.77. The van der Waals surface area contributed by atoms with E-state index < -0.39 is 0 Å². The third-order valence-corrected chi connectivity index (χ3v) is 10.8. The van der Waals surface area contributed by atoms with Crippen molar-refractivity contribution < 1.29 is 0 Å². The summed E-state index contributed by atoms with van der Waals surface area (Å²) in [6.07, 6.45) is 7.89. The highest BCUT2D eigenvalue weighted by atomic mass is 28.3. The molecule has 60 valence electrons. The third kappa shape index (κ3) is 1.73. The first-order valence-corrected chi connectivity index (χ1v) is 9.07. The molecule has 0 unspecified atom stereocenters. The van der Waals surface area contributed by atoms with E-state index in [9.17, 15) is 0 Å². The summed E-state index contributed by atoms with van der Waals surface area (Å²) in [6, 6.07) is 0. The molecule has 1 saturated carbocycles. The van der Waals surface area contributed by atoms with Gasteiger partial charge in [-0.3, -0.25) is 0 Å². The van der Waals surface area contributed by atoms with Crippen molar-refractivity contribution in [3.63, 3.8) is 0 Å². The van der Waals surface area contributed by atoms with E-state index in [-0.39, 0.29) is 0 Å². The van der Waals surface area contributed by atoms with Crippen LogP contribution in [0, 0.1) is 0 Å². The smallest absolute Gasteiger partial charge is 0.0200 e. The average Bonchev–Trinajstić information content (AvgIpc) is 2.06. The van der Waals surface area contributed by atoms with Gasteiger partial charge in [0.2, 0.25) is 0 Å². The van der Waals surface area contributed by atoms with E-state index in [1.54, 1.807) is 25.7 Å². The Balaban J connectivity index is 2.44. The van der Waals surface area contributed by atoms with Crippen LogP contribution in [0.25, 0.3) is 0 Å². The third-order valence-electron chi connectivity index (χ3n) is 3.41. The molecule has 0 radical (unpaired) electrons. The molecule has 2 heteroatoms. The van der Waals surface area contributed by atoms with Crippen molar-refractivity contribution in [2.45, 2.75) is 49.9 Å². The Kier molecular flexibility index (Phi) is 3.17. The minimum Gasteiger partial charge on any atom is -0.0746 e. The molecule has 0 aliphatic heterocycles. The van der Waals surface area contributed by atoms with Gasteiger partial charge in [0.15, 0.2) is 0 Å². The van der Waals surface area contributed by atoms with E-state index in [4.69, 9.17) is 0 Å². The van der Waals surface area contributed by atoms with Crippen LogP contribution in [0.1, 0.15) is 32.1 Å². The summed E-state index contributed by atoms with van der Waals surface area (Å²) < 4.78 is 1.04. The van der Waals surface area contributed by atoms with Gasteiger partial charge in [0.05, 0.1) is 0 Å². The predicted octanol–water partition coefficient (Wildman–Crippen LogP) is 1.50. The van der Waals surface area contributed by atoms with Gasteiger partial charge in [-0.2, -0.15) is 0 Å². The number of hydrogen-bond donors (Lipinski definition) is 0. The first-order chi connectivity index (χ1) is 4.83. The number of rotatable bonds is 2. The largest absolute Gasteiger partial charge is 0.0746 e. The Labute approximate surface area is 69.4 Å². The molecule has 0 atom stereocenters. The van der Waals surface area contributed by atoms with Crippen molar-refractivity contribution in [1.29, 1.82) is 0 Å². The fourth-order valence-electron chi connectivity index (χ4n) is 2.26. The summed E-state index contributed by atoms with van der Waals surface area (Å²) in [6.45, 7) is 5.06. The summed E-state index contributed by atoms with van der Waals surface area (Å²) in [5.41, 5.74) is 0. The Bertz CT molecular complexity index is 89.4. The topological polar surface area (TPSA) is 0 Å². The Hall–Kier alpha value is 0.434. The Morgan fingerprint density at radius 2 is 1.40 bits per heavy atom. The minimum absolute atomic E-state index is 0.323. The van der Waals surface area contributed by atoms with Gasteiger partial charge in [-0.1, -0.05) is 45.2 Å². The lowest BCUT2D eigenvalue weighted by atomic mass is 9.99. The van der Waals surface area contributed by atoms with Crippen LogP contribution in [-0.2, 0) is 0 Å². The van der Waals surface area contributed by atoms with Crippen molar-refractivity contribution in [3.05, 3.63) is 0 Å². The molecule has 0 heterocycles. The minimum atomic E-state index is 0.323. The zero-order chi connectivity index (χ0) is 7.45. The lowest BCUT2D eigenvalue weighted by Gasteiger charge is -2.34. The molecule has 0 amide bonds. The molecular weight excluding hydrogens is 152 g/mol. The molecule has 10 heavy (non-hydrogen) atoms. The van der Waals surface area contributed by atoms with Crippen molar-refractivity contribution in [3.8, 4) is 0 Å². The van der Waals surface area contributed by atoms with E-state index in [0.29, 0.717) is 19.0 Å². The lowest BCUT2D eigenvalue weighted by Crippen LogP contribution is -2.26. The van der Waals surface area contributed by atoms with Crippen LogP contribution in [0.3, 0.4) is 0 Å². The summed E-state index contributed by atoms with van der Waals surface area (Å²) in [5.74, 6) is 0. The molecule has 1 rings (SSSR count). The SMILES string of the molecule is C[SiH2]C1([SiH2]C)CCCCC1. The molecule has 0 aromatic rings. The summed E-state index contributed by atoms with van der Waals surface area (Å²) in [5, 5.41) is 0. The van der Waals surface area contributed by atoms with Gasteiger partial charge in [0.25, 0.3) is 0 Å². The molecule has 1 aliphatic carbocycles. The van der Waals surface area contributed by atoms with Gasteiger partial charge >= 0.3 is 0 Å². The molecule has 1 aliphatic rings. The predicted molar refractivity (Wildman–Crippen MR) is 54.6 cm³/mol. The highest BCUT2D eigenvalue weighted by Gasteiger charge is 2.27. The van der Waals surface area contributed by atoms with Crippen LogP contribution < -0.4 is 0 Å². The quantitative estimate of drug-likeness (QED) is 0.554. The molecule has 0 saturated heterocycles. The normalized spacial score (nSPS) is 27.0. The highest BCUT2D eigenvalue weighted by molar-refractivity contribution is 6.60. The second kappa shape index (κ2) is 3.72. The van der Waals surface area contributed by atoms with E-state index in [2.05, 4.69) is 13.1 Å². The molecular formula is C8H20Si2. The summed E-state index contributed by atoms with van der Waals surface area (Å²) in [7, 11) is 0.646. The van der Waals surface area contributed by atoms with E-state index in [1.807, 2.05) is 0 Å². The van der Waals surface area contributed by atoms with Gasteiger partial charge in [-0.15, -0.1) is 0 Å². The molecule has 0 nitrogen and oxygen atoms in total. The fraction of sp³-hybridized carbons (Fsp3) is 1.00. The maximum absolute atomic E-state index is 2.53. The second-order valence-corrected chi connectivity index (χ2v) is 9.18. The van der Waals surface area contributed by atoms with E-state index in [1.165, 1.54) is 6.42 Å². The van der Waals surface area contributed by atoms with Gasteiger partial charge in [-0.25, -0.2) is 0 Å². The monoisotopic (exact) mass is 172 g/mol. The van der Waals surface area contributed by atoms with Crippen molar-refractivity contribution in [2.24, 2.45) is 0 Å². The van der Waals surface area contributed by atoms with E-state index >= 15 is 0 Å². The van der Waals surface area contributed by atoms with Crippen molar-refractivity contribution in [2.75, 3.05) is 0 Å². The van der Waals surface area contributed by atoms with E-state index in [0.717, 1.165) is 4.66 Å². The standard InChI is InChI=1S/C8H20Si2/c1-9-8(10-2)6-4-3-5-7-8/h3-7,9-10H2,1-2H3. The zero-order valence-corrected chi connectivity index (χ0v) is 10.3. The van der Waals surface area contributed by atoms with Gasteiger partial charge < -0.3 is 0 Å². The molecule has 0 bridgehead atoms. The average molecular weight is 172 g/mol. The van der Waals surface area contributed by atoms with Crippen LogP contribution in [0.15, 0.2) is 0 Å². The van der Waals surface area contributed by atoms with Gasteiger partial charge in [-0.05, 0) is 4.66 Å². The van der Waals surface area contributed by atoms with Crippen LogP contribution in [0.2, 0.25) is 17.8 Å². The van der Waals surface area contributed by atoms with Crippen LogP contribution >= 0.6 is 0 Å². The van der Waals surface area contributed by atoms with Crippen molar-refractivity contribution >= 4 is 19.0 Å². The number of hydrogen-bond acceptors (Lipinski definition) is 0. The van der Waals surface area contributed by atoms with Crippen LogP contribution in [0.5, 0.6) is 0 Å². The first-order valence-electron chi connectivity index (χ1n) is 4.83. The zero-order valence-electron chi connectivity index (χ0n) is 7.45. The maximum atomic E-state index is 2.53. The maximum Gasteiger partial charge on any atom is 0.0200 e. The summed E-state index contributed by atoms with van der Waals surface area (Å²) >= 11 is 0. The molecule has 1 fully saturated rings. The van der Waals surface area contributed by atoms with Gasteiger partial charge in [0, 0.05) is 19.0 Å². The first kappa shape index (κ1) is 8.53. The Morgan fingerprint density at radius 3 is 1.70 bits per heavy atom. The molecule has 0 aromatic carbocycles. The molecule has 0 aromatic heterocycles. The molecule has 0 N–H and O–H groups in total. The van der Waals surface area contributed by atoms with Crippen LogP contribution in [-0.4, -0.2) is 19.0 Å². The summed E-state index contributed by atoms with van der Waals surface area (Å²) in [4.78, 5) is 0. The van der Waals surface area contributed by atoms with Crippen LogP contribution in [0.4, 0.5) is 0 Å². The van der Waals surface area contributed by atoms with Gasteiger partial charge in [0.1, 0.15) is 0 Å².